The lowest BCUT2D eigenvalue weighted by Crippen LogP contribution is -2.41. The minimum atomic E-state index is -0.219. The van der Waals surface area contributed by atoms with Crippen LogP contribution in [-0.4, -0.2) is 57.6 Å². The van der Waals surface area contributed by atoms with Crippen molar-refractivity contribution in [1.29, 1.82) is 0 Å². The molecule has 1 N–H and O–H groups in total. The lowest BCUT2D eigenvalue weighted by atomic mass is 10.4. The molecule has 0 radical (unpaired) electrons. The van der Waals surface area contributed by atoms with Gasteiger partial charge < -0.3 is 9.64 Å². The summed E-state index contributed by atoms with van der Waals surface area (Å²) in [7, 11) is 0. The number of hydrogen-bond acceptors (Lipinski definition) is 5. The number of ether oxygens (including phenoxy) is 1. The third-order valence-corrected chi connectivity index (χ3v) is 3.82. The summed E-state index contributed by atoms with van der Waals surface area (Å²) in [5.41, 5.74) is -0.219. The quantitative estimate of drug-likeness (QED) is 0.767. The number of nitrogens with zero attached hydrogens (tertiary/aromatic N) is 3. The number of amides is 1. The molecular formula is C11H18N4O3S. The molecule has 0 aliphatic carbocycles. The van der Waals surface area contributed by atoms with E-state index < -0.39 is 0 Å². The third-order valence-electron chi connectivity index (χ3n) is 2.86. The Hall–Kier alpha value is -1.28. The van der Waals surface area contributed by atoms with Crippen LogP contribution in [0.1, 0.15) is 13.3 Å². The van der Waals surface area contributed by atoms with Crippen LogP contribution in [-0.2, 0) is 16.1 Å². The highest BCUT2D eigenvalue weighted by Gasteiger charge is 2.18. The second-order valence-electron chi connectivity index (χ2n) is 4.24. The summed E-state index contributed by atoms with van der Waals surface area (Å²) in [6.45, 7) is 5.08. The maximum absolute atomic E-state index is 12.0. The maximum atomic E-state index is 12.0. The van der Waals surface area contributed by atoms with Gasteiger partial charge in [-0.05, 0) is 6.42 Å². The Morgan fingerprint density at radius 2 is 2.21 bits per heavy atom. The van der Waals surface area contributed by atoms with Gasteiger partial charge in [-0.15, -0.1) is 5.10 Å². The molecule has 0 saturated carbocycles. The topological polar surface area (TPSA) is 80.2 Å². The van der Waals surface area contributed by atoms with E-state index in [2.05, 4.69) is 10.2 Å². The number of aromatic nitrogens is 3. The Bertz CT molecular complexity index is 479. The van der Waals surface area contributed by atoms with Gasteiger partial charge in [0.25, 0.3) is 0 Å². The van der Waals surface area contributed by atoms with Gasteiger partial charge in [-0.3, -0.25) is 9.36 Å². The number of aromatic amines is 1. The molecule has 0 bridgehead atoms. The van der Waals surface area contributed by atoms with Gasteiger partial charge in [0.1, 0.15) is 0 Å². The fourth-order valence-corrected chi connectivity index (χ4v) is 2.74. The molecule has 0 aromatic carbocycles. The molecule has 1 aliphatic rings. The van der Waals surface area contributed by atoms with Crippen molar-refractivity contribution in [3.63, 3.8) is 0 Å². The van der Waals surface area contributed by atoms with Crippen molar-refractivity contribution in [3.8, 4) is 0 Å². The van der Waals surface area contributed by atoms with Crippen LogP contribution in [0.2, 0.25) is 0 Å². The number of thioether (sulfide) groups is 1. The summed E-state index contributed by atoms with van der Waals surface area (Å²) in [6.07, 6.45) is 0.852. The standard InChI is InChI=1S/C11H18N4O3S/c1-2-3-15-10(17)12-13-11(15)19-8-9(16)14-4-6-18-7-5-14/h2-8H2,1H3,(H,12,17). The summed E-state index contributed by atoms with van der Waals surface area (Å²) in [5.74, 6) is 0.361. The van der Waals surface area contributed by atoms with Crippen LogP contribution in [0.3, 0.4) is 0 Å². The van der Waals surface area contributed by atoms with E-state index in [0.29, 0.717) is 43.8 Å². The number of hydrogen-bond donors (Lipinski definition) is 1. The molecule has 1 amide bonds. The van der Waals surface area contributed by atoms with Crippen LogP contribution in [0.5, 0.6) is 0 Å². The highest BCUT2D eigenvalue weighted by Crippen LogP contribution is 2.14. The van der Waals surface area contributed by atoms with E-state index in [1.807, 2.05) is 6.92 Å². The number of carbonyl (C=O) groups is 1. The van der Waals surface area contributed by atoms with E-state index in [1.165, 1.54) is 11.8 Å². The van der Waals surface area contributed by atoms with Gasteiger partial charge in [-0.1, -0.05) is 18.7 Å². The molecule has 7 nitrogen and oxygen atoms in total. The smallest absolute Gasteiger partial charge is 0.343 e. The van der Waals surface area contributed by atoms with E-state index >= 15 is 0 Å². The molecule has 0 atom stereocenters. The number of rotatable bonds is 5. The molecule has 1 aromatic heterocycles. The van der Waals surface area contributed by atoms with Crippen LogP contribution in [0.4, 0.5) is 0 Å². The predicted octanol–water partition coefficient (Wildman–Crippen LogP) is -0.0677. The summed E-state index contributed by atoms with van der Waals surface area (Å²) < 4.78 is 6.77. The van der Waals surface area contributed by atoms with Crippen molar-refractivity contribution in [1.82, 2.24) is 19.7 Å². The maximum Gasteiger partial charge on any atom is 0.343 e. The molecular weight excluding hydrogens is 268 g/mol. The number of morpholine rings is 1. The van der Waals surface area contributed by atoms with Crippen LogP contribution >= 0.6 is 11.8 Å². The zero-order valence-electron chi connectivity index (χ0n) is 10.9. The first-order valence-electron chi connectivity index (χ1n) is 6.36. The van der Waals surface area contributed by atoms with E-state index in [4.69, 9.17) is 4.74 Å². The second kappa shape index (κ2) is 6.76. The summed E-state index contributed by atoms with van der Waals surface area (Å²) in [4.78, 5) is 25.3. The Labute approximate surface area is 115 Å². The van der Waals surface area contributed by atoms with Gasteiger partial charge in [-0.25, -0.2) is 9.89 Å². The average Bonchev–Trinajstić information content (AvgIpc) is 2.79. The lowest BCUT2D eigenvalue weighted by Gasteiger charge is -2.26. The Morgan fingerprint density at radius 1 is 1.47 bits per heavy atom. The molecule has 106 valence electrons. The lowest BCUT2D eigenvalue weighted by molar-refractivity contribution is -0.132. The summed E-state index contributed by atoms with van der Waals surface area (Å²) in [6, 6.07) is 0. The fourth-order valence-electron chi connectivity index (χ4n) is 1.86. The van der Waals surface area contributed by atoms with Crippen molar-refractivity contribution in [3.05, 3.63) is 10.5 Å². The fraction of sp³-hybridized carbons (Fsp3) is 0.727. The molecule has 8 heteroatoms. The van der Waals surface area contributed by atoms with Gasteiger partial charge >= 0.3 is 5.69 Å². The van der Waals surface area contributed by atoms with Gasteiger partial charge in [0.15, 0.2) is 5.16 Å². The molecule has 0 spiro atoms. The Balaban J connectivity index is 1.91. The zero-order chi connectivity index (χ0) is 13.7. The average molecular weight is 286 g/mol. The van der Waals surface area contributed by atoms with E-state index in [1.54, 1.807) is 9.47 Å². The number of carbonyl (C=O) groups excluding carboxylic acids is 1. The monoisotopic (exact) mass is 286 g/mol. The minimum absolute atomic E-state index is 0.0618. The molecule has 2 heterocycles. The van der Waals surface area contributed by atoms with Crippen molar-refractivity contribution in [2.24, 2.45) is 0 Å². The van der Waals surface area contributed by atoms with E-state index in [-0.39, 0.29) is 11.6 Å². The number of H-pyrrole nitrogens is 1. The van der Waals surface area contributed by atoms with Crippen molar-refractivity contribution in [2.75, 3.05) is 32.1 Å². The molecule has 1 aromatic rings. The van der Waals surface area contributed by atoms with E-state index in [9.17, 15) is 9.59 Å². The second-order valence-corrected chi connectivity index (χ2v) is 5.19. The SMILES string of the molecule is CCCn1c(SCC(=O)N2CCOCC2)n[nH]c1=O. The Kier molecular flexibility index (Phi) is 5.03. The van der Waals surface area contributed by atoms with Gasteiger partial charge in [0, 0.05) is 19.6 Å². The predicted molar refractivity (Wildman–Crippen MR) is 71.3 cm³/mol. The van der Waals surface area contributed by atoms with Crippen molar-refractivity contribution >= 4 is 17.7 Å². The van der Waals surface area contributed by atoms with Crippen molar-refractivity contribution < 1.29 is 9.53 Å². The van der Waals surface area contributed by atoms with Crippen LogP contribution in [0.15, 0.2) is 9.95 Å². The summed E-state index contributed by atoms with van der Waals surface area (Å²) >= 11 is 1.30. The van der Waals surface area contributed by atoms with Crippen LogP contribution < -0.4 is 5.69 Å². The molecule has 19 heavy (non-hydrogen) atoms. The minimum Gasteiger partial charge on any atom is -0.378 e. The first-order chi connectivity index (χ1) is 9.22. The van der Waals surface area contributed by atoms with E-state index in [0.717, 1.165) is 6.42 Å². The molecule has 1 aliphatic heterocycles. The van der Waals surface area contributed by atoms with Crippen molar-refractivity contribution in [2.45, 2.75) is 25.0 Å². The van der Waals surface area contributed by atoms with Gasteiger partial charge in [-0.2, -0.15) is 0 Å². The highest BCUT2D eigenvalue weighted by molar-refractivity contribution is 7.99. The molecule has 0 unspecified atom stereocenters. The van der Waals surface area contributed by atoms with Gasteiger partial charge in [0.05, 0.1) is 19.0 Å². The van der Waals surface area contributed by atoms with Crippen LogP contribution in [0, 0.1) is 0 Å². The highest BCUT2D eigenvalue weighted by atomic mass is 32.2. The molecule has 1 fully saturated rings. The largest absolute Gasteiger partial charge is 0.378 e. The molecule has 2 rings (SSSR count). The third kappa shape index (κ3) is 3.60. The zero-order valence-corrected chi connectivity index (χ0v) is 11.7. The Morgan fingerprint density at radius 3 is 2.89 bits per heavy atom. The normalized spacial score (nSPS) is 15.7. The summed E-state index contributed by atoms with van der Waals surface area (Å²) in [5, 5.41) is 6.94. The van der Waals surface area contributed by atoms with Gasteiger partial charge in [0.2, 0.25) is 5.91 Å². The molecule has 1 saturated heterocycles. The first-order valence-corrected chi connectivity index (χ1v) is 7.34. The van der Waals surface area contributed by atoms with Crippen LogP contribution in [0.25, 0.3) is 0 Å². The number of nitrogens with one attached hydrogen (secondary N) is 1. The first kappa shape index (κ1) is 14.1.